The lowest BCUT2D eigenvalue weighted by molar-refractivity contribution is -0.114. The van der Waals surface area contributed by atoms with E-state index in [0.29, 0.717) is 29.1 Å². The Morgan fingerprint density at radius 1 is 0.923 bits per heavy atom. The second kappa shape index (κ2) is 9.22. The lowest BCUT2D eigenvalue weighted by Crippen LogP contribution is -2.22. The molecule has 0 heterocycles. The number of anilines is 2. The number of rotatable bonds is 7. The fourth-order valence-electron chi connectivity index (χ4n) is 2.17. The second-order valence-electron chi connectivity index (χ2n) is 5.27. The Bertz CT molecular complexity index is 787. The van der Waals surface area contributed by atoms with Crippen molar-refractivity contribution in [1.29, 1.82) is 0 Å². The number of carbonyl (C=O) groups is 3. The molecule has 0 radical (unpaired) electrons. The Labute approximate surface area is 151 Å². The third kappa shape index (κ3) is 5.34. The Hall–Kier alpha value is -3.35. The van der Waals surface area contributed by atoms with E-state index in [-0.39, 0.29) is 18.4 Å². The lowest BCUT2D eigenvalue weighted by atomic mass is 10.2. The van der Waals surface area contributed by atoms with E-state index >= 15 is 0 Å². The van der Waals surface area contributed by atoms with Crippen molar-refractivity contribution in [2.45, 2.75) is 6.92 Å². The van der Waals surface area contributed by atoms with E-state index in [2.05, 4.69) is 15.4 Å². The summed E-state index contributed by atoms with van der Waals surface area (Å²) in [6.45, 7) is 2.09. The van der Waals surface area contributed by atoms with Gasteiger partial charge in [0.1, 0.15) is 0 Å². The van der Waals surface area contributed by atoms with Crippen LogP contribution in [0.3, 0.4) is 0 Å². The van der Waals surface area contributed by atoms with Crippen molar-refractivity contribution in [2.75, 3.05) is 30.9 Å². The number of carbonyl (C=O) groups excluding carboxylic acids is 3. The van der Waals surface area contributed by atoms with Crippen LogP contribution in [0.15, 0.2) is 48.5 Å². The predicted molar refractivity (Wildman–Crippen MR) is 97.3 cm³/mol. The van der Waals surface area contributed by atoms with Crippen molar-refractivity contribution in [2.24, 2.45) is 0 Å². The van der Waals surface area contributed by atoms with Gasteiger partial charge >= 0.3 is 11.9 Å². The molecule has 0 saturated heterocycles. The number of benzene rings is 2. The summed E-state index contributed by atoms with van der Waals surface area (Å²) in [6.07, 6.45) is 0. The molecule has 0 unspecified atom stereocenters. The highest BCUT2D eigenvalue weighted by atomic mass is 16.5. The van der Waals surface area contributed by atoms with E-state index in [9.17, 15) is 14.4 Å². The molecule has 0 spiro atoms. The summed E-state index contributed by atoms with van der Waals surface area (Å²) >= 11 is 0. The molecule has 0 aliphatic carbocycles. The van der Waals surface area contributed by atoms with Crippen molar-refractivity contribution >= 4 is 29.2 Å². The Kier molecular flexibility index (Phi) is 6.73. The molecule has 0 saturated carbocycles. The molecule has 0 aliphatic rings. The zero-order chi connectivity index (χ0) is 18.9. The average Bonchev–Trinajstić information content (AvgIpc) is 2.66. The number of ether oxygens (including phenoxy) is 2. The maximum absolute atomic E-state index is 12.0. The molecular weight excluding hydrogens is 336 g/mol. The molecule has 0 aromatic heterocycles. The van der Waals surface area contributed by atoms with Crippen molar-refractivity contribution in [3.05, 3.63) is 59.7 Å². The minimum Gasteiger partial charge on any atom is -0.465 e. The normalized spacial score (nSPS) is 9.92. The van der Waals surface area contributed by atoms with Crippen molar-refractivity contribution in [3.8, 4) is 0 Å². The van der Waals surface area contributed by atoms with Gasteiger partial charge < -0.3 is 20.1 Å². The SMILES string of the molecule is CCOC(=O)c1ccc(NCC(=O)Nc2cccc(C(=O)OC)c2)cc1. The van der Waals surface area contributed by atoms with Gasteiger partial charge in [-0.1, -0.05) is 6.07 Å². The van der Waals surface area contributed by atoms with Gasteiger partial charge in [-0.3, -0.25) is 4.79 Å². The minimum absolute atomic E-state index is 0.0290. The summed E-state index contributed by atoms with van der Waals surface area (Å²) in [5, 5.41) is 5.65. The fourth-order valence-corrected chi connectivity index (χ4v) is 2.17. The molecule has 1 amide bonds. The summed E-state index contributed by atoms with van der Waals surface area (Å²) in [6, 6.07) is 13.1. The van der Waals surface area contributed by atoms with Gasteiger partial charge in [-0.05, 0) is 49.4 Å². The summed E-state index contributed by atoms with van der Waals surface area (Å²) in [5.41, 5.74) is 1.99. The van der Waals surface area contributed by atoms with E-state index in [1.54, 1.807) is 49.4 Å². The lowest BCUT2D eigenvalue weighted by Gasteiger charge is -2.09. The van der Waals surface area contributed by atoms with Crippen LogP contribution in [0, 0.1) is 0 Å². The largest absolute Gasteiger partial charge is 0.465 e. The Balaban J connectivity index is 1.89. The summed E-state index contributed by atoms with van der Waals surface area (Å²) in [7, 11) is 1.30. The van der Waals surface area contributed by atoms with Gasteiger partial charge in [-0.2, -0.15) is 0 Å². The number of hydrogen-bond acceptors (Lipinski definition) is 6. The zero-order valence-corrected chi connectivity index (χ0v) is 14.6. The van der Waals surface area contributed by atoms with Crippen molar-refractivity contribution in [1.82, 2.24) is 0 Å². The topological polar surface area (TPSA) is 93.7 Å². The fraction of sp³-hybridized carbons (Fsp3) is 0.211. The van der Waals surface area contributed by atoms with Gasteiger partial charge in [0.25, 0.3) is 0 Å². The van der Waals surface area contributed by atoms with Gasteiger partial charge in [0.05, 0.1) is 31.4 Å². The smallest absolute Gasteiger partial charge is 0.338 e. The van der Waals surface area contributed by atoms with Crippen LogP contribution < -0.4 is 10.6 Å². The van der Waals surface area contributed by atoms with Crippen LogP contribution in [0.1, 0.15) is 27.6 Å². The van der Waals surface area contributed by atoms with Gasteiger partial charge in [0, 0.05) is 11.4 Å². The number of amides is 1. The molecular formula is C19H20N2O5. The van der Waals surface area contributed by atoms with Crippen molar-refractivity contribution in [3.63, 3.8) is 0 Å². The highest BCUT2D eigenvalue weighted by Gasteiger charge is 2.09. The highest BCUT2D eigenvalue weighted by Crippen LogP contribution is 2.13. The number of esters is 2. The number of methoxy groups -OCH3 is 1. The van der Waals surface area contributed by atoms with Gasteiger partial charge in [0.2, 0.25) is 5.91 Å². The first-order valence-corrected chi connectivity index (χ1v) is 8.02. The summed E-state index contributed by atoms with van der Waals surface area (Å²) in [5.74, 6) is -1.13. The first-order chi connectivity index (χ1) is 12.5. The Morgan fingerprint density at radius 3 is 2.31 bits per heavy atom. The van der Waals surface area contributed by atoms with Gasteiger partial charge in [-0.15, -0.1) is 0 Å². The quantitative estimate of drug-likeness (QED) is 0.741. The predicted octanol–water partition coefficient (Wildman–Crippen LogP) is 2.70. The highest BCUT2D eigenvalue weighted by molar-refractivity contribution is 5.96. The number of hydrogen-bond donors (Lipinski definition) is 2. The van der Waals surface area contributed by atoms with Crippen LogP contribution in [0.4, 0.5) is 11.4 Å². The molecule has 2 N–H and O–H groups in total. The maximum atomic E-state index is 12.0. The van der Waals surface area contributed by atoms with Gasteiger partial charge in [0.15, 0.2) is 0 Å². The molecule has 0 bridgehead atoms. The Morgan fingerprint density at radius 2 is 1.65 bits per heavy atom. The third-order valence-corrected chi connectivity index (χ3v) is 3.42. The van der Waals surface area contributed by atoms with E-state index in [1.807, 2.05) is 0 Å². The van der Waals surface area contributed by atoms with Crippen LogP contribution in [0.2, 0.25) is 0 Å². The summed E-state index contributed by atoms with van der Waals surface area (Å²) in [4.78, 5) is 35.1. The summed E-state index contributed by atoms with van der Waals surface area (Å²) < 4.78 is 9.56. The first-order valence-electron chi connectivity index (χ1n) is 8.02. The molecule has 26 heavy (non-hydrogen) atoms. The van der Waals surface area contributed by atoms with Crippen LogP contribution in [-0.2, 0) is 14.3 Å². The monoisotopic (exact) mass is 356 g/mol. The van der Waals surface area contributed by atoms with E-state index in [0.717, 1.165) is 0 Å². The average molecular weight is 356 g/mol. The van der Waals surface area contributed by atoms with Crippen LogP contribution >= 0.6 is 0 Å². The van der Waals surface area contributed by atoms with E-state index < -0.39 is 5.97 Å². The minimum atomic E-state index is -0.471. The molecule has 0 aliphatic heterocycles. The standard InChI is InChI=1S/C19H20N2O5/c1-3-26-19(24)13-7-9-15(10-8-13)20-12-17(22)21-16-6-4-5-14(11-16)18(23)25-2/h4-11,20H,3,12H2,1-2H3,(H,21,22). The first kappa shape index (κ1) is 19.0. The van der Waals surface area contributed by atoms with E-state index in [1.165, 1.54) is 13.2 Å². The van der Waals surface area contributed by atoms with Crippen LogP contribution in [-0.4, -0.2) is 38.1 Å². The molecule has 136 valence electrons. The third-order valence-electron chi connectivity index (χ3n) is 3.42. The van der Waals surface area contributed by atoms with Crippen LogP contribution in [0.25, 0.3) is 0 Å². The maximum Gasteiger partial charge on any atom is 0.338 e. The molecule has 7 nitrogen and oxygen atoms in total. The second-order valence-corrected chi connectivity index (χ2v) is 5.27. The zero-order valence-electron chi connectivity index (χ0n) is 14.6. The molecule has 0 atom stereocenters. The molecule has 7 heteroatoms. The molecule has 2 aromatic carbocycles. The molecule has 2 aromatic rings. The van der Waals surface area contributed by atoms with Crippen LogP contribution in [0.5, 0.6) is 0 Å². The molecule has 2 rings (SSSR count). The number of nitrogens with one attached hydrogen (secondary N) is 2. The van der Waals surface area contributed by atoms with Gasteiger partial charge in [-0.25, -0.2) is 9.59 Å². The molecule has 0 fully saturated rings. The van der Waals surface area contributed by atoms with Crippen molar-refractivity contribution < 1.29 is 23.9 Å². The van der Waals surface area contributed by atoms with E-state index in [4.69, 9.17) is 4.74 Å².